The van der Waals surface area contributed by atoms with Crippen LogP contribution in [0.15, 0.2) is 29.3 Å². The van der Waals surface area contributed by atoms with E-state index >= 15 is 0 Å². The Bertz CT molecular complexity index is 519. The van der Waals surface area contributed by atoms with E-state index in [0.717, 1.165) is 6.54 Å². The number of nitrogens with one attached hydrogen (secondary N) is 1. The van der Waals surface area contributed by atoms with Gasteiger partial charge < -0.3 is 20.1 Å². The Morgan fingerprint density at radius 1 is 1.29 bits per heavy atom. The van der Waals surface area contributed by atoms with Gasteiger partial charge in [-0.1, -0.05) is 26.0 Å². The average molecular weight is 339 g/mol. The van der Waals surface area contributed by atoms with Gasteiger partial charge in [0.2, 0.25) is 0 Å². The third kappa shape index (κ3) is 6.35. The highest BCUT2D eigenvalue weighted by molar-refractivity contribution is 5.79. The second-order valence-corrected chi connectivity index (χ2v) is 5.80. The SMILES string of the molecule is CCNC(=NCC(O)(CC)CC)N(C)CCOc1ccccc1F. The third-order valence-corrected chi connectivity index (χ3v) is 4.06. The molecule has 1 rings (SSSR count). The highest BCUT2D eigenvalue weighted by atomic mass is 19.1. The quantitative estimate of drug-likeness (QED) is 0.536. The fraction of sp³-hybridized carbons (Fsp3) is 0.611. The van der Waals surface area contributed by atoms with E-state index in [4.69, 9.17) is 4.74 Å². The predicted octanol–water partition coefficient (Wildman–Crippen LogP) is 2.65. The molecule has 0 unspecified atom stereocenters. The number of benzene rings is 1. The van der Waals surface area contributed by atoms with Gasteiger partial charge in [-0.05, 0) is 31.9 Å². The molecule has 0 heterocycles. The summed E-state index contributed by atoms with van der Waals surface area (Å²) < 4.78 is 19.0. The summed E-state index contributed by atoms with van der Waals surface area (Å²) >= 11 is 0. The van der Waals surface area contributed by atoms with Gasteiger partial charge in [0.25, 0.3) is 0 Å². The standard InChI is InChI=1S/C18H30FN3O2/c1-5-18(23,6-2)14-21-17(20-7-3)22(4)12-13-24-16-11-9-8-10-15(16)19/h8-11,23H,5-7,12-14H2,1-4H3,(H,20,21). The van der Waals surface area contributed by atoms with Gasteiger partial charge in [0.15, 0.2) is 17.5 Å². The van der Waals surface area contributed by atoms with Gasteiger partial charge >= 0.3 is 0 Å². The lowest BCUT2D eigenvalue weighted by Gasteiger charge is -2.26. The molecule has 0 spiro atoms. The molecule has 0 aliphatic carbocycles. The first-order valence-electron chi connectivity index (χ1n) is 8.55. The van der Waals surface area contributed by atoms with Gasteiger partial charge in [0, 0.05) is 13.6 Å². The van der Waals surface area contributed by atoms with Crippen LogP contribution in [0.5, 0.6) is 5.75 Å². The van der Waals surface area contributed by atoms with Crippen LogP contribution in [0.25, 0.3) is 0 Å². The Hall–Kier alpha value is -1.82. The molecule has 136 valence electrons. The second-order valence-electron chi connectivity index (χ2n) is 5.80. The highest BCUT2D eigenvalue weighted by Crippen LogP contribution is 2.16. The summed E-state index contributed by atoms with van der Waals surface area (Å²) in [5.74, 6) is 0.589. The Balaban J connectivity index is 2.59. The van der Waals surface area contributed by atoms with Crippen molar-refractivity contribution in [2.45, 2.75) is 39.2 Å². The van der Waals surface area contributed by atoms with Crippen molar-refractivity contribution in [1.29, 1.82) is 0 Å². The summed E-state index contributed by atoms with van der Waals surface area (Å²) in [6, 6.07) is 6.36. The van der Waals surface area contributed by atoms with Gasteiger partial charge in [-0.3, -0.25) is 4.99 Å². The monoisotopic (exact) mass is 339 g/mol. The van der Waals surface area contributed by atoms with Crippen LogP contribution in [0.2, 0.25) is 0 Å². The third-order valence-electron chi connectivity index (χ3n) is 4.06. The summed E-state index contributed by atoms with van der Waals surface area (Å²) in [6.45, 7) is 7.88. The van der Waals surface area contributed by atoms with E-state index in [1.54, 1.807) is 18.2 Å². The largest absolute Gasteiger partial charge is 0.489 e. The molecule has 2 N–H and O–H groups in total. The molecule has 0 radical (unpaired) electrons. The fourth-order valence-corrected chi connectivity index (χ4v) is 2.13. The Labute approximate surface area is 144 Å². The maximum atomic E-state index is 13.5. The molecule has 0 atom stereocenters. The maximum Gasteiger partial charge on any atom is 0.193 e. The van der Waals surface area contributed by atoms with Crippen LogP contribution >= 0.6 is 0 Å². The van der Waals surface area contributed by atoms with Crippen LogP contribution in [-0.2, 0) is 0 Å². The second kappa shape index (κ2) is 10.1. The van der Waals surface area contributed by atoms with E-state index in [1.165, 1.54) is 6.07 Å². The predicted molar refractivity (Wildman–Crippen MR) is 96.0 cm³/mol. The molecular formula is C18H30FN3O2. The van der Waals surface area contributed by atoms with Crippen LogP contribution in [0, 0.1) is 5.82 Å². The minimum Gasteiger partial charge on any atom is -0.489 e. The van der Waals surface area contributed by atoms with Crippen molar-refractivity contribution in [2.24, 2.45) is 4.99 Å². The maximum absolute atomic E-state index is 13.5. The Morgan fingerprint density at radius 2 is 1.96 bits per heavy atom. The van der Waals surface area contributed by atoms with Crippen LogP contribution in [0.3, 0.4) is 0 Å². The average Bonchev–Trinajstić information content (AvgIpc) is 2.59. The number of halogens is 1. The van der Waals surface area contributed by atoms with E-state index in [0.29, 0.717) is 38.5 Å². The first-order valence-corrected chi connectivity index (χ1v) is 8.55. The smallest absolute Gasteiger partial charge is 0.193 e. The molecule has 0 aliphatic heterocycles. The lowest BCUT2D eigenvalue weighted by molar-refractivity contribution is 0.0416. The number of para-hydroxylation sites is 1. The molecule has 0 saturated carbocycles. The van der Waals surface area contributed by atoms with Crippen molar-refractivity contribution in [3.8, 4) is 5.75 Å². The first-order chi connectivity index (χ1) is 11.5. The van der Waals surface area contributed by atoms with E-state index in [2.05, 4.69) is 10.3 Å². The Kier molecular flexibility index (Phi) is 8.54. The summed E-state index contributed by atoms with van der Waals surface area (Å²) in [5.41, 5.74) is -0.773. The topological polar surface area (TPSA) is 57.1 Å². The highest BCUT2D eigenvalue weighted by Gasteiger charge is 2.22. The molecular weight excluding hydrogens is 309 g/mol. The number of rotatable bonds is 9. The summed E-state index contributed by atoms with van der Waals surface area (Å²) in [7, 11) is 1.89. The van der Waals surface area contributed by atoms with E-state index in [1.807, 2.05) is 32.7 Å². The van der Waals surface area contributed by atoms with Gasteiger partial charge in [-0.15, -0.1) is 0 Å². The van der Waals surface area contributed by atoms with E-state index in [9.17, 15) is 9.50 Å². The van der Waals surface area contributed by atoms with E-state index < -0.39 is 5.60 Å². The van der Waals surface area contributed by atoms with Gasteiger partial charge in [-0.25, -0.2) is 4.39 Å². The van der Waals surface area contributed by atoms with Crippen molar-refractivity contribution in [3.63, 3.8) is 0 Å². The van der Waals surface area contributed by atoms with Crippen molar-refractivity contribution < 1.29 is 14.2 Å². The molecule has 0 fully saturated rings. The van der Waals surface area contributed by atoms with Crippen molar-refractivity contribution in [2.75, 3.05) is 33.3 Å². The molecule has 5 nitrogen and oxygen atoms in total. The molecule has 0 aromatic heterocycles. The summed E-state index contributed by atoms with van der Waals surface area (Å²) in [5, 5.41) is 13.6. The minimum absolute atomic E-state index is 0.249. The lowest BCUT2D eigenvalue weighted by Crippen LogP contribution is -2.42. The molecule has 6 heteroatoms. The van der Waals surface area contributed by atoms with Crippen LogP contribution in [-0.4, -0.2) is 54.9 Å². The number of aliphatic hydroxyl groups is 1. The fourth-order valence-electron chi connectivity index (χ4n) is 2.13. The minimum atomic E-state index is -0.773. The number of ether oxygens (including phenoxy) is 1. The molecule has 24 heavy (non-hydrogen) atoms. The molecule has 0 bridgehead atoms. The number of likely N-dealkylation sites (N-methyl/N-ethyl adjacent to an activating group) is 1. The van der Waals surface area contributed by atoms with Gasteiger partial charge in [0.05, 0.1) is 18.7 Å². The summed E-state index contributed by atoms with van der Waals surface area (Å²) in [6.07, 6.45) is 1.32. The number of aliphatic imine (C=N–C) groups is 1. The molecule has 0 amide bonds. The molecule has 1 aromatic carbocycles. The van der Waals surface area contributed by atoms with Crippen molar-refractivity contribution in [1.82, 2.24) is 10.2 Å². The molecule has 0 aliphatic rings. The van der Waals surface area contributed by atoms with Crippen molar-refractivity contribution in [3.05, 3.63) is 30.1 Å². The van der Waals surface area contributed by atoms with Crippen molar-refractivity contribution >= 4 is 5.96 Å². The summed E-state index contributed by atoms with van der Waals surface area (Å²) in [4.78, 5) is 6.43. The van der Waals surface area contributed by atoms with Gasteiger partial charge in [-0.2, -0.15) is 0 Å². The number of guanidine groups is 1. The number of hydrogen-bond acceptors (Lipinski definition) is 3. The normalized spacial score (nSPS) is 12.2. The number of hydrogen-bond donors (Lipinski definition) is 2. The Morgan fingerprint density at radius 3 is 2.54 bits per heavy atom. The first kappa shape index (κ1) is 20.2. The van der Waals surface area contributed by atoms with Crippen LogP contribution in [0.1, 0.15) is 33.6 Å². The molecule has 0 saturated heterocycles. The van der Waals surface area contributed by atoms with Crippen LogP contribution in [0.4, 0.5) is 4.39 Å². The number of nitrogens with zero attached hydrogens (tertiary/aromatic N) is 2. The van der Waals surface area contributed by atoms with E-state index in [-0.39, 0.29) is 11.6 Å². The van der Waals surface area contributed by atoms with Gasteiger partial charge in [0.1, 0.15) is 6.61 Å². The zero-order chi connectivity index (χ0) is 18.0. The zero-order valence-corrected chi connectivity index (χ0v) is 15.2. The van der Waals surface area contributed by atoms with Crippen LogP contribution < -0.4 is 10.1 Å². The molecule has 1 aromatic rings. The zero-order valence-electron chi connectivity index (χ0n) is 15.2. The lowest BCUT2D eigenvalue weighted by atomic mass is 9.98.